The fraction of sp³-hybridized carbons (Fsp3) is 0.273. The number of methoxy groups -OCH3 is 2. The summed E-state index contributed by atoms with van der Waals surface area (Å²) in [4.78, 5) is 28.9. The Bertz CT molecular complexity index is 1100. The van der Waals surface area contributed by atoms with E-state index in [0.29, 0.717) is 40.2 Å². The van der Waals surface area contributed by atoms with Gasteiger partial charge in [-0.05, 0) is 44.2 Å². The molecule has 0 aliphatic rings. The third-order valence-corrected chi connectivity index (χ3v) is 4.43. The van der Waals surface area contributed by atoms with E-state index in [1.54, 1.807) is 50.2 Å². The van der Waals surface area contributed by atoms with E-state index in [2.05, 4.69) is 20.8 Å². The Kier molecular flexibility index (Phi) is 7.27. The second kappa shape index (κ2) is 10.3. The van der Waals surface area contributed by atoms with Gasteiger partial charge in [0.25, 0.3) is 11.8 Å². The zero-order chi connectivity index (χ0) is 23.1. The molecule has 2 N–H and O–H groups in total. The normalized spacial score (nSPS) is 11.4. The molecule has 0 saturated heterocycles. The number of para-hydroxylation sites is 2. The number of aromatic nitrogens is 2. The van der Waals surface area contributed by atoms with Crippen LogP contribution in [0.1, 0.15) is 35.0 Å². The highest BCUT2D eigenvalue weighted by Crippen LogP contribution is 2.29. The largest absolute Gasteiger partial charge is 0.495 e. The average Bonchev–Trinajstić information content (AvgIpc) is 3.24. The molecule has 0 aliphatic carbocycles. The van der Waals surface area contributed by atoms with E-state index in [1.807, 2.05) is 0 Å². The minimum absolute atomic E-state index is 0.256. The molecule has 3 aromatic rings. The van der Waals surface area contributed by atoms with Gasteiger partial charge in [-0.1, -0.05) is 17.3 Å². The minimum Gasteiger partial charge on any atom is -0.495 e. The van der Waals surface area contributed by atoms with E-state index >= 15 is 0 Å². The van der Waals surface area contributed by atoms with Crippen LogP contribution < -0.4 is 24.8 Å². The smallest absolute Gasteiger partial charge is 0.262 e. The molecular formula is C22H24N4O6. The number of nitrogens with zero attached hydrogens (tertiary/aromatic N) is 2. The lowest BCUT2D eigenvalue weighted by molar-refractivity contribution is -0.118. The fourth-order valence-electron chi connectivity index (χ4n) is 2.84. The Labute approximate surface area is 184 Å². The maximum absolute atomic E-state index is 12.6. The number of hydrogen-bond donors (Lipinski definition) is 2. The van der Waals surface area contributed by atoms with Crippen LogP contribution in [0.2, 0.25) is 0 Å². The number of carbonyl (C=O) groups excluding carboxylic acids is 2. The monoisotopic (exact) mass is 440 g/mol. The van der Waals surface area contributed by atoms with Gasteiger partial charge in [-0.25, -0.2) is 0 Å². The first-order chi connectivity index (χ1) is 15.4. The molecule has 2 aromatic carbocycles. The number of amides is 2. The third-order valence-electron chi connectivity index (χ3n) is 4.43. The van der Waals surface area contributed by atoms with Gasteiger partial charge >= 0.3 is 0 Å². The molecular weight excluding hydrogens is 416 g/mol. The molecule has 10 heteroatoms. The van der Waals surface area contributed by atoms with Crippen LogP contribution in [0.4, 0.5) is 5.69 Å². The first kappa shape index (κ1) is 22.6. The van der Waals surface area contributed by atoms with Crippen LogP contribution in [0.15, 0.2) is 47.0 Å². The second-order valence-electron chi connectivity index (χ2n) is 6.78. The Balaban J connectivity index is 1.62. The van der Waals surface area contributed by atoms with Gasteiger partial charge in [0.2, 0.25) is 5.89 Å². The van der Waals surface area contributed by atoms with Crippen LogP contribution in [0, 0.1) is 6.92 Å². The standard InChI is InChI=1S/C22H24N4O6/c1-13(22-24-14(2)26-32-22)23-21(28)15-9-10-18(19(11-15)30-4)31-12-20(27)25-16-7-5-6-8-17(16)29-3/h5-11,13H,12H2,1-4H3,(H,23,28)(H,25,27)/t13-/m0/s1. The molecule has 3 rings (SSSR count). The summed E-state index contributed by atoms with van der Waals surface area (Å²) in [7, 11) is 2.97. The molecule has 168 valence electrons. The summed E-state index contributed by atoms with van der Waals surface area (Å²) in [5.74, 6) is 1.24. The number of rotatable bonds is 9. The van der Waals surface area contributed by atoms with E-state index in [1.165, 1.54) is 20.3 Å². The molecule has 0 saturated carbocycles. The highest BCUT2D eigenvalue weighted by Gasteiger charge is 2.18. The van der Waals surface area contributed by atoms with Gasteiger partial charge in [-0.3, -0.25) is 9.59 Å². The first-order valence-electron chi connectivity index (χ1n) is 9.76. The van der Waals surface area contributed by atoms with E-state index in [0.717, 1.165) is 0 Å². The Morgan fingerprint density at radius 3 is 2.50 bits per heavy atom. The number of nitrogens with one attached hydrogen (secondary N) is 2. The van der Waals surface area contributed by atoms with Crippen molar-refractivity contribution in [3.8, 4) is 17.2 Å². The lowest BCUT2D eigenvalue weighted by atomic mass is 10.1. The predicted octanol–water partition coefficient (Wildman–Crippen LogP) is 2.90. The average molecular weight is 440 g/mol. The van der Waals surface area contributed by atoms with Crippen LogP contribution in [0.3, 0.4) is 0 Å². The molecule has 0 fully saturated rings. The van der Waals surface area contributed by atoms with Gasteiger partial charge < -0.3 is 29.4 Å². The summed E-state index contributed by atoms with van der Waals surface area (Å²) in [5.41, 5.74) is 0.879. The molecule has 1 atom stereocenters. The molecule has 0 bridgehead atoms. The lowest BCUT2D eigenvalue weighted by Crippen LogP contribution is -2.27. The molecule has 10 nitrogen and oxygen atoms in total. The highest BCUT2D eigenvalue weighted by atomic mass is 16.5. The van der Waals surface area contributed by atoms with Crippen molar-refractivity contribution in [2.24, 2.45) is 0 Å². The summed E-state index contributed by atoms with van der Waals surface area (Å²) in [6.45, 7) is 3.18. The van der Waals surface area contributed by atoms with Crippen LogP contribution in [0.25, 0.3) is 0 Å². The molecule has 1 aromatic heterocycles. The first-order valence-corrected chi connectivity index (χ1v) is 9.76. The zero-order valence-electron chi connectivity index (χ0n) is 18.2. The Morgan fingerprint density at radius 1 is 1.06 bits per heavy atom. The van der Waals surface area contributed by atoms with Crippen molar-refractivity contribution in [2.75, 3.05) is 26.1 Å². The number of benzene rings is 2. The number of carbonyl (C=O) groups is 2. The highest BCUT2D eigenvalue weighted by molar-refractivity contribution is 5.95. The van der Waals surface area contributed by atoms with Crippen LogP contribution in [0.5, 0.6) is 17.2 Å². The quantitative estimate of drug-likeness (QED) is 0.520. The van der Waals surface area contributed by atoms with E-state index in [4.69, 9.17) is 18.7 Å². The molecule has 1 heterocycles. The number of anilines is 1. The van der Waals surface area contributed by atoms with Crippen LogP contribution in [-0.2, 0) is 4.79 Å². The minimum atomic E-state index is -0.468. The third kappa shape index (κ3) is 5.54. The lowest BCUT2D eigenvalue weighted by Gasteiger charge is -2.14. The second-order valence-corrected chi connectivity index (χ2v) is 6.78. The number of aryl methyl sites for hydroxylation is 1. The zero-order valence-corrected chi connectivity index (χ0v) is 18.2. The van der Waals surface area contributed by atoms with Gasteiger partial charge in [0.15, 0.2) is 23.9 Å². The van der Waals surface area contributed by atoms with Crippen molar-refractivity contribution < 1.29 is 28.3 Å². The summed E-state index contributed by atoms with van der Waals surface area (Å²) < 4.78 is 21.2. The van der Waals surface area contributed by atoms with Crippen molar-refractivity contribution in [1.29, 1.82) is 0 Å². The van der Waals surface area contributed by atoms with Gasteiger partial charge in [0.05, 0.1) is 19.9 Å². The van der Waals surface area contributed by atoms with E-state index in [9.17, 15) is 9.59 Å². The SMILES string of the molecule is COc1ccccc1NC(=O)COc1ccc(C(=O)N[C@@H](C)c2nc(C)no2)cc1OC. The Morgan fingerprint density at radius 2 is 1.81 bits per heavy atom. The predicted molar refractivity (Wildman–Crippen MR) is 115 cm³/mol. The van der Waals surface area contributed by atoms with Crippen molar-refractivity contribution in [1.82, 2.24) is 15.5 Å². The molecule has 0 unspecified atom stereocenters. The van der Waals surface area contributed by atoms with Gasteiger partial charge in [-0.15, -0.1) is 0 Å². The topological polar surface area (TPSA) is 125 Å². The maximum atomic E-state index is 12.6. The van der Waals surface area contributed by atoms with Gasteiger partial charge in [-0.2, -0.15) is 4.98 Å². The summed E-state index contributed by atoms with van der Waals surface area (Å²) in [6.07, 6.45) is 0. The molecule has 0 radical (unpaired) electrons. The molecule has 0 spiro atoms. The number of ether oxygens (including phenoxy) is 3. The van der Waals surface area contributed by atoms with Crippen molar-refractivity contribution >= 4 is 17.5 Å². The summed E-state index contributed by atoms with van der Waals surface area (Å²) in [5, 5.41) is 9.21. The molecule has 0 aliphatic heterocycles. The van der Waals surface area contributed by atoms with Crippen molar-refractivity contribution in [2.45, 2.75) is 19.9 Å². The summed E-state index contributed by atoms with van der Waals surface area (Å²) >= 11 is 0. The maximum Gasteiger partial charge on any atom is 0.262 e. The number of hydrogen-bond acceptors (Lipinski definition) is 8. The molecule has 2 amide bonds. The van der Waals surface area contributed by atoms with Gasteiger partial charge in [0.1, 0.15) is 11.8 Å². The molecule has 32 heavy (non-hydrogen) atoms. The fourth-order valence-corrected chi connectivity index (χ4v) is 2.84. The van der Waals surface area contributed by atoms with Gasteiger partial charge in [0, 0.05) is 5.56 Å². The van der Waals surface area contributed by atoms with Crippen molar-refractivity contribution in [3.63, 3.8) is 0 Å². The van der Waals surface area contributed by atoms with E-state index < -0.39 is 6.04 Å². The van der Waals surface area contributed by atoms with Crippen LogP contribution in [-0.4, -0.2) is 42.8 Å². The van der Waals surface area contributed by atoms with Crippen LogP contribution >= 0.6 is 0 Å². The van der Waals surface area contributed by atoms with Crippen molar-refractivity contribution in [3.05, 3.63) is 59.7 Å². The summed E-state index contributed by atoms with van der Waals surface area (Å²) in [6, 6.07) is 11.2. The Hall–Kier alpha value is -4.08. The van der Waals surface area contributed by atoms with E-state index in [-0.39, 0.29) is 18.4 Å².